The van der Waals surface area contributed by atoms with Gasteiger partial charge < -0.3 is 9.73 Å². The first-order chi connectivity index (χ1) is 14.0. The number of carbonyl (C=O) groups is 3. The number of hydrogen-bond acceptors (Lipinski definition) is 5. The van der Waals surface area contributed by atoms with Crippen molar-refractivity contribution in [2.24, 2.45) is 0 Å². The zero-order valence-electron chi connectivity index (χ0n) is 16.5. The maximum atomic E-state index is 12.3. The van der Waals surface area contributed by atoms with E-state index in [2.05, 4.69) is 17.6 Å². The van der Waals surface area contributed by atoms with Gasteiger partial charge in [0.25, 0.3) is 11.1 Å². The van der Waals surface area contributed by atoms with Crippen LogP contribution in [0.2, 0.25) is 0 Å². The van der Waals surface area contributed by atoms with Crippen LogP contribution in [0.15, 0.2) is 39.4 Å². The Morgan fingerprint density at radius 2 is 2.07 bits per heavy atom. The van der Waals surface area contributed by atoms with Crippen LogP contribution in [0.1, 0.15) is 50.2 Å². The highest BCUT2D eigenvalue weighted by atomic mass is 32.2. The van der Waals surface area contributed by atoms with Crippen LogP contribution in [0.25, 0.3) is 23.1 Å². The van der Waals surface area contributed by atoms with Crippen LogP contribution >= 0.6 is 11.8 Å². The summed E-state index contributed by atoms with van der Waals surface area (Å²) in [5.74, 6) is -0.479. The Bertz CT molecular complexity index is 1000. The number of carbonyl (C=O) groups excluding carboxylic acids is 3. The van der Waals surface area contributed by atoms with Crippen molar-refractivity contribution < 1.29 is 18.8 Å². The molecule has 3 rings (SSSR count). The molecule has 2 heterocycles. The van der Waals surface area contributed by atoms with E-state index in [0.29, 0.717) is 22.5 Å². The lowest BCUT2D eigenvalue weighted by atomic mass is 10.0. The second-order valence-electron chi connectivity index (χ2n) is 6.86. The van der Waals surface area contributed by atoms with E-state index in [1.807, 2.05) is 24.3 Å². The smallest absolute Gasteiger partial charge is 0.290 e. The van der Waals surface area contributed by atoms with Gasteiger partial charge in [0.1, 0.15) is 5.58 Å². The quantitative estimate of drug-likeness (QED) is 0.478. The molecule has 7 heteroatoms. The summed E-state index contributed by atoms with van der Waals surface area (Å²) in [5.41, 5.74) is 3.01. The first-order valence-corrected chi connectivity index (χ1v) is 10.5. The standard InChI is InChI=1S/C22H24N2O4S/c1-3-4-5-6-7-15(20(25)23-2)12-16-13-28-18-9-8-14(10-17(16)18)11-19-21(26)24-22(27)29-19/h8-13H,3-7H2,1-2H3,(H,23,25)(H,24,26,27). The van der Waals surface area contributed by atoms with E-state index in [0.717, 1.165) is 54.0 Å². The molecule has 0 atom stereocenters. The van der Waals surface area contributed by atoms with Gasteiger partial charge in [0.05, 0.1) is 11.2 Å². The van der Waals surface area contributed by atoms with Crippen molar-refractivity contribution in [1.82, 2.24) is 10.6 Å². The zero-order chi connectivity index (χ0) is 20.8. The highest BCUT2D eigenvalue weighted by Gasteiger charge is 2.25. The minimum Gasteiger partial charge on any atom is -0.464 e. The van der Waals surface area contributed by atoms with Gasteiger partial charge in [0.15, 0.2) is 0 Å². The van der Waals surface area contributed by atoms with E-state index in [1.165, 1.54) is 0 Å². The second kappa shape index (κ2) is 9.60. The van der Waals surface area contributed by atoms with E-state index in [1.54, 1.807) is 19.4 Å². The lowest BCUT2D eigenvalue weighted by molar-refractivity contribution is -0.117. The molecule has 0 spiro atoms. The van der Waals surface area contributed by atoms with Crippen molar-refractivity contribution >= 4 is 51.9 Å². The van der Waals surface area contributed by atoms with Crippen molar-refractivity contribution in [1.29, 1.82) is 0 Å². The third-order valence-electron chi connectivity index (χ3n) is 4.72. The van der Waals surface area contributed by atoms with E-state index in [-0.39, 0.29) is 17.1 Å². The second-order valence-corrected chi connectivity index (χ2v) is 7.87. The Kier molecular flexibility index (Phi) is 6.93. The molecule has 0 aliphatic carbocycles. The SMILES string of the molecule is CCCCCCC(=Cc1coc2ccc(C=C3SC(=O)NC3=O)cc12)C(=O)NC. The molecule has 1 fully saturated rings. The fraction of sp³-hybridized carbons (Fsp3) is 0.318. The summed E-state index contributed by atoms with van der Waals surface area (Å²) in [6.07, 6.45) is 10.2. The third-order valence-corrected chi connectivity index (χ3v) is 5.53. The molecule has 0 saturated carbocycles. The molecule has 2 N–H and O–H groups in total. The van der Waals surface area contributed by atoms with Gasteiger partial charge in [0.2, 0.25) is 5.91 Å². The highest BCUT2D eigenvalue weighted by Crippen LogP contribution is 2.29. The number of fused-ring (bicyclic) bond motifs is 1. The Hall–Kier alpha value is -2.80. The molecule has 1 aliphatic rings. The van der Waals surface area contributed by atoms with Crippen molar-refractivity contribution in [3.8, 4) is 0 Å². The molecule has 0 bridgehead atoms. The largest absolute Gasteiger partial charge is 0.464 e. The summed E-state index contributed by atoms with van der Waals surface area (Å²) in [6.45, 7) is 2.16. The first-order valence-electron chi connectivity index (χ1n) is 9.70. The summed E-state index contributed by atoms with van der Waals surface area (Å²) in [6, 6.07) is 5.54. The van der Waals surface area contributed by atoms with Gasteiger partial charge in [-0.3, -0.25) is 19.7 Å². The van der Waals surface area contributed by atoms with E-state index in [9.17, 15) is 14.4 Å². The van der Waals surface area contributed by atoms with Crippen molar-refractivity contribution in [3.63, 3.8) is 0 Å². The van der Waals surface area contributed by atoms with Crippen molar-refractivity contribution in [2.75, 3.05) is 7.05 Å². The lowest BCUT2D eigenvalue weighted by Gasteiger charge is -2.06. The first kappa shape index (κ1) is 20.9. The number of imide groups is 1. The zero-order valence-corrected chi connectivity index (χ0v) is 17.4. The maximum absolute atomic E-state index is 12.3. The molecule has 2 aromatic rings. The number of nitrogens with one attached hydrogen (secondary N) is 2. The Morgan fingerprint density at radius 3 is 2.76 bits per heavy atom. The van der Waals surface area contributed by atoms with Gasteiger partial charge >= 0.3 is 0 Å². The Morgan fingerprint density at radius 1 is 1.24 bits per heavy atom. The van der Waals surface area contributed by atoms with Gasteiger partial charge in [-0.25, -0.2) is 0 Å². The Balaban J connectivity index is 1.90. The van der Waals surface area contributed by atoms with E-state index >= 15 is 0 Å². The maximum Gasteiger partial charge on any atom is 0.290 e. The van der Waals surface area contributed by atoms with Crippen LogP contribution < -0.4 is 10.6 Å². The molecule has 1 aromatic heterocycles. The molecule has 1 saturated heterocycles. The van der Waals surface area contributed by atoms with E-state index in [4.69, 9.17) is 4.42 Å². The Labute approximate surface area is 173 Å². The molecule has 0 radical (unpaired) electrons. The minimum absolute atomic E-state index is 0.0911. The number of thioether (sulfide) groups is 1. The normalized spacial score (nSPS) is 15.9. The number of unbranched alkanes of at least 4 members (excludes halogenated alkanes) is 3. The molecular formula is C22H24N2O4S. The molecule has 1 aromatic carbocycles. The monoisotopic (exact) mass is 412 g/mol. The highest BCUT2D eigenvalue weighted by molar-refractivity contribution is 8.18. The number of hydrogen-bond donors (Lipinski definition) is 2. The van der Waals surface area contributed by atoms with Crippen LogP contribution in [0, 0.1) is 0 Å². The van der Waals surface area contributed by atoms with Gasteiger partial charge in [-0.2, -0.15) is 0 Å². The molecule has 0 unspecified atom stereocenters. The van der Waals surface area contributed by atoms with Gasteiger partial charge in [0, 0.05) is 23.6 Å². The van der Waals surface area contributed by atoms with Gasteiger partial charge in [-0.1, -0.05) is 32.3 Å². The number of rotatable bonds is 8. The molecule has 3 amide bonds. The number of furan rings is 1. The summed E-state index contributed by atoms with van der Waals surface area (Å²) in [5, 5.41) is 5.44. The molecule has 29 heavy (non-hydrogen) atoms. The van der Waals surface area contributed by atoms with Crippen LogP contribution in [0.4, 0.5) is 4.79 Å². The summed E-state index contributed by atoms with van der Waals surface area (Å²) < 4.78 is 5.63. The number of amides is 3. The molecule has 1 aliphatic heterocycles. The van der Waals surface area contributed by atoms with Crippen LogP contribution in [-0.4, -0.2) is 24.1 Å². The predicted octanol–water partition coefficient (Wildman–Crippen LogP) is 4.86. The topological polar surface area (TPSA) is 88.4 Å². The summed E-state index contributed by atoms with van der Waals surface area (Å²) in [7, 11) is 1.63. The summed E-state index contributed by atoms with van der Waals surface area (Å²) in [4.78, 5) is 35.8. The number of likely N-dealkylation sites (N-methyl/N-ethyl adjacent to an activating group) is 1. The predicted molar refractivity (Wildman–Crippen MR) is 116 cm³/mol. The van der Waals surface area contributed by atoms with Gasteiger partial charge in [-0.05, 0) is 54.5 Å². The minimum atomic E-state index is -0.388. The third kappa shape index (κ3) is 5.17. The molecular weight excluding hydrogens is 388 g/mol. The van der Waals surface area contributed by atoms with Crippen molar-refractivity contribution in [3.05, 3.63) is 46.1 Å². The number of benzene rings is 1. The fourth-order valence-corrected chi connectivity index (χ4v) is 3.86. The lowest BCUT2D eigenvalue weighted by Crippen LogP contribution is -2.20. The average Bonchev–Trinajstić information content (AvgIpc) is 3.25. The molecule has 6 nitrogen and oxygen atoms in total. The van der Waals surface area contributed by atoms with Crippen LogP contribution in [0.3, 0.4) is 0 Å². The van der Waals surface area contributed by atoms with Gasteiger partial charge in [-0.15, -0.1) is 0 Å². The van der Waals surface area contributed by atoms with Crippen LogP contribution in [0.5, 0.6) is 0 Å². The van der Waals surface area contributed by atoms with Crippen molar-refractivity contribution in [2.45, 2.75) is 39.0 Å². The fourth-order valence-electron chi connectivity index (χ4n) is 3.18. The molecule has 152 valence electrons. The average molecular weight is 413 g/mol. The summed E-state index contributed by atoms with van der Waals surface area (Å²) >= 11 is 0.884. The van der Waals surface area contributed by atoms with E-state index < -0.39 is 0 Å². The van der Waals surface area contributed by atoms with Crippen LogP contribution in [-0.2, 0) is 9.59 Å².